The maximum Gasteiger partial charge on any atom is 0.267 e. The van der Waals surface area contributed by atoms with E-state index in [-0.39, 0.29) is 5.56 Å². The van der Waals surface area contributed by atoms with Gasteiger partial charge in [-0.3, -0.25) is 9.36 Å². The molecule has 1 aromatic carbocycles. The highest BCUT2D eigenvalue weighted by molar-refractivity contribution is 7.99. The lowest BCUT2D eigenvalue weighted by Crippen LogP contribution is -2.22. The van der Waals surface area contributed by atoms with Crippen LogP contribution in [0.3, 0.4) is 0 Å². The third-order valence-corrected chi connectivity index (χ3v) is 6.73. The van der Waals surface area contributed by atoms with Crippen LogP contribution in [-0.4, -0.2) is 22.4 Å². The Morgan fingerprint density at radius 3 is 2.96 bits per heavy atom. The topological polar surface area (TPSA) is 44.1 Å². The van der Waals surface area contributed by atoms with Crippen molar-refractivity contribution in [1.82, 2.24) is 9.55 Å². The number of benzene rings is 1. The molecule has 0 fully saturated rings. The lowest BCUT2D eigenvalue weighted by atomic mass is 9.97. The van der Waals surface area contributed by atoms with Crippen LogP contribution < -0.4 is 10.3 Å². The zero-order valence-electron chi connectivity index (χ0n) is 14.7. The van der Waals surface area contributed by atoms with Gasteiger partial charge in [-0.1, -0.05) is 30.0 Å². The minimum absolute atomic E-state index is 0.00506. The maximum absolute atomic E-state index is 13.5. The summed E-state index contributed by atoms with van der Waals surface area (Å²) >= 11 is 3.20. The van der Waals surface area contributed by atoms with Crippen LogP contribution in [0.5, 0.6) is 5.75 Å². The molecule has 1 aliphatic rings. The van der Waals surface area contributed by atoms with Crippen molar-refractivity contribution in [1.29, 1.82) is 0 Å². The summed E-state index contributed by atoms with van der Waals surface area (Å²) in [5.74, 6) is 1.36. The Hall–Kier alpha value is -2.05. The number of thiophene rings is 1. The van der Waals surface area contributed by atoms with Gasteiger partial charge in [0.2, 0.25) is 0 Å². The van der Waals surface area contributed by atoms with Gasteiger partial charge in [-0.05, 0) is 43.4 Å². The van der Waals surface area contributed by atoms with Gasteiger partial charge in [-0.2, -0.15) is 0 Å². The number of aryl methyl sites for hydroxylation is 2. The Bertz CT molecular complexity index is 1040. The normalized spacial score (nSPS) is 13.6. The molecule has 26 heavy (non-hydrogen) atoms. The summed E-state index contributed by atoms with van der Waals surface area (Å²) in [6.45, 7) is 3.79. The summed E-state index contributed by atoms with van der Waals surface area (Å²) in [4.78, 5) is 20.6. The first-order valence-corrected chi connectivity index (χ1v) is 10.5. The van der Waals surface area contributed by atoms with E-state index >= 15 is 0 Å². The second-order valence-corrected chi connectivity index (χ2v) is 8.27. The molecule has 134 valence electrons. The molecule has 3 aromatic rings. The zero-order valence-corrected chi connectivity index (χ0v) is 16.3. The van der Waals surface area contributed by atoms with Gasteiger partial charge in [-0.25, -0.2) is 4.98 Å². The van der Waals surface area contributed by atoms with Crippen molar-refractivity contribution in [3.8, 4) is 11.4 Å². The van der Waals surface area contributed by atoms with Gasteiger partial charge in [0, 0.05) is 10.6 Å². The number of methoxy groups -OCH3 is 1. The fourth-order valence-electron chi connectivity index (χ4n) is 3.44. The van der Waals surface area contributed by atoms with Gasteiger partial charge in [0.25, 0.3) is 5.56 Å². The Morgan fingerprint density at radius 1 is 1.35 bits per heavy atom. The van der Waals surface area contributed by atoms with Crippen LogP contribution in [0.15, 0.2) is 46.9 Å². The summed E-state index contributed by atoms with van der Waals surface area (Å²) in [5, 5.41) is 1.48. The number of aromatic nitrogens is 2. The molecule has 4 rings (SSSR count). The second-order valence-electron chi connectivity index (χ2n) is 6.20. The molecule has 6 heteroatoms. The van der Waals surface area contributed by atoms with Gasteiger partial charge in [0.1, 0.15) is 10.6 Å². The van der Waals surface area contributed by atoms with Crippen LogP contribution in [0.25, 0.3) is 15.9 Å². The SMILES string of the molecule is C=CCSc1nc2sc3c(c2c(=O)n1-c1ccccc1OC)CCCC3. The van der Waals surface area contributed by atoms with E-state index < -0.39 is 0 Å². The second kappa shape index (κ2) is 7.29. The van der Waals surface area contributed by atoms with Crippen molar-refractivity contribution >= 4 is 33.3 Å². The summed E-state index contributed by atoms with van der Waals surface area (Å²) in [7, 11) is 1.62. The molecule has 0 atom stereocenters. The first-order valence-electron chi connectivity index (χ1n) is 8.69. The van der Waals surface area contributed by atoms with Crippen LogP contribution in [-0.2, 0) is 12.8 Å². The number of fused-ring (bicyclic) bond motifs is 3. The van der Waals surface area contributed by atoms with Gasteiger partial charge >= 0.3 is 0 Å². The summed E-state index contributed by atoms with van der Waals surface area (Å²) in [5.41, 5.74) is 1.94. The predicted molar refractivity (Wildman–Crippen MR) is 109 cm³/mol. The van der Waals surface area contributed by atoms with Crippen molar-refractivity contribution in [3.63, 3.8) is 0 Å². The predicted octanol–water partition coefficient (Wildman–Crippen LogP) is 4.61. The van der Waals surface area contributed by atoms with Crippen molar-refractivity contribution in [2.24, 2.45) is 0 Å². The first-order chi connectivity index (χ1) is 12.7. The highest BCUT2D eigenvalue weighted by atomic mass is 32.2. The van der Waals surface area contributed by atoms with Crippen molar-refractivity contribution < 1.29 is 4.74 Å². The summed E-state index contributed by atoms with van der Waals surface area (Å²) < 4.78 is 7.21. The fourth-order valence-corrected chi connectivity index (χ4v) is 5.49. The van der Waals surface area contributed by atoms with Gasteiger partial charge < -0.3 is 4.74 Å². The van der Waals surface area contributed by atoms with Gasteiger partial charge in [-0.15, -0.1) is 17.9 Å². The molecule has 0 spiro atoms. The molecule has 1 aliphatic carbocycles. The van der Waals surface area contributed by atoms with Gasteiger partial charge in [0.15, 0.2) is 5.16 Å². The van der Waals surface area contributed by atoms with Crippen molar-refractivity contribution in [3.05, 3.63) is 57.7 Å². The van der Waals surface area contributed by atoms with Crippen molar-refractivity contribution in [2.45, 2.75) is 30.8 Å². The smallest absolute Gasteiger partial charge is 0.267 e. The molecule has 0 unspecified atom stereocenters. The van der Waals surface area contributed by atoms with E-state index in [2.05, 4.69) is 6.58 Å². The molecule has 2 aromatic heterocycles. The quantitative estimate of drug-likeness (QED) is 0.366. The lowest BCUT2D eigenvalue weighted by molar-refractivity contribution is 0.411. The van der Waals surface area contributed by atoms with Gasteiger partial charge in [0.05, 0.1) is 18.2 Å². The van der Waals surface area contributed by atoms with E-state index in [9.17, 15) is 4.79 Å². The van der Waals surface area contributed by atoms with E-state index in [1.165, 1.54) is 28.6 Å². The summed E-state index contributed by atoms with van der Waals surface area (Å²) in [6.07, 6.45) is 6.18. The van der Waals surface area contributed by atoms with E-state index in [1.807, 2.05) is 30.3 Å². The molecule has 0 saturated heterocycles. The zero-order chi connectivity index (χ0) is 18.1. The average molecular weight is 385 g/mol. The Morgan fingerprint density at radius 2 is 2.15 bits per heavy atom. The number of rotatable bonds is 5. The van der Waals surface area contributed by atoms with Crippen LogP contribution in [0.4, 0.5) is 0 Å². The largest absolute Gasteiger partial charge is 0.495 e. The van der Waals surface area contributed by atoms with Crippen LogP contribution in [0, 0.1) is 0 Å². The lowest BCUT2D eigenvalue weighted by Gasteiger charge is -2.15. The Balaban J connectivity index is 2.04. The van der Waals surface area contributed by atoms with E-state index in [0.717, 1.165) is 35.2 Å². The monoisotopic (exact) mass is 384 g/mol. The molecule has 0 saturated carbocycles. The average Bonchev–Trinajstić information content (AvgIpc) is 3.05. The molecule has 0 bridgehead atoms. The third-order valence-electron chi connectivity index (χ3n) is 4.61. The fraction of sp³-hybridized carbons (Fsp3) is 0.300. The number of thioether (sulfide) groups is 1. The summed E-state index contributed by atoms with van der Waals surface area (Å²) in [6, 6.07) is 7.60. The molecule has 0 N–H and O–H groups in total. The Labute approximate surface area is 160 Å². The number of ether oxygens (including phenoxy) is 1. The number of nitrogens with zero attached hydrogens (tertiary/aromatic N) is 2. The molecule has 0 amide bonds. The molecule has 4 nitrogen and oxygen atoms in total. The number of para-hydroxylation sites is 2. The third kappa shape index (κ3) is 2.87. The molecule has 0 radical (unpaired) electrons. The van der Waals surface area contributed by atoms with Crippen molar-refractivity contribution in [2.75, 3.05) is 12.9 Å². The maximum atomic E-state index is 13.5. The minimum Gasteiger partial charge on any atom is -0.495 e. The van der Waals surface area contributed by atoms with Crippen LogP contribution in [0.1, 0.15) is 23.3 Å². The standard InChI is InChI=1S/C20H20N2O2S2/c1-3-12-25-20-21-18-17(13-8-4-7-11-16(13)26-18)19(23)22(20)14-9-5-6-10-15(14)24-2/h3,5-6,9-10H,1,4,7-8,11-12H2,2H3. The molecule has 0 aliphatic heterocycles. The first kappa shape index (κ1) is 17.4. The highest BCUT2D eigenvalue weighted by Crippen LogP contribution is 2.36. The van der Waals surface area contributed by atoms with E-state index in [0.29, 0.717) is 16.7 Å². The number of hydrogen-bond donors (Lipinski definition) is 0. The molecular weight excluding hydrogens is 364 g/mol. The number of hydrogen-bond acceptors (Lipinski definition) is 5. The molecule has 2 heterocycles. The van der Waals surface area contributed by atoms with E-state index in [4.69, 9.17) is 9.72 Å². The van der Waals surface area contributed by atoms with Crippen LogP contribution >= 0.6 is 23.1 Å². The minimum atomic E-state index is 0.00506. The molecular formula is C20H20N2O2S2. The Kier molecular flexibility index (Phi) is 4.87. The highest BCUT2D eigenvalue weighted by Gasteiger charge is 2.23. The van der Waals surface area contributed by atoms with E-state index in [1.54, 1.807) is 23.0 Å². The van der Waals surface area contributed by atoms with Crippen LogP contribution in [0.2, 0.25) is 0 Å².